The molecule has 0 atom stereocenters. The summed E-state index contributed by atoms with van der Waals surface area (Å²) in [5.74, 6) is 0.216. The van der Waals surface area contributed by atoms with E-state index in [2.05, 4.69) is 20.9 Å². The van der Waals surface area contributed by atoms with Gasteiger partial charge in [0, 0.05) is 22.0 Å². The Kier molecular flexibility index (Phi) is 4.48. The van der Waals surface area contributed by atoms with Crippen LogP contribution in [0.4, 0.5) is 5.82 Å². The lowest BCUT2D eigenvalue weighted by Crippen LogP contribution is -2.02. The molecule has 1 rings (SSSR count). The van der Waals surface area contributed by atoms with E-state index in [1.807, 2.05) is 6.92 Å². The summed E-state index contributed by atoms with van der Waals surface area (Å²) in [6.07, 6.45) is 0. The molecule has 0 N–H and O–H groups in total. The number of halogens is 1. The molecule has 0 aliphatic heterocycles. The molecule has 0 aliphatic rings. The van der Waals surface area contributed by atoms with Gasteiger partial charge >= 0.3 is 5.82 Å². The van der Waals surface area contributed by atoms with Gasteiger partial charge in [-0.15, -0.1) is 0 Å². The van der Waals surface area contributed by atoms with Crippen LogP contribution in [0.15, 0.2) is 10.7 Å². The molecule has 1 heterocycles. The van der Waals surface area contributed by atoms with Crippen molar-refractivity contribution in [2.45, 2.75) is 13.8 Å². The third-order valence-corrected chi connectivity index (χ3v) is 2.23. The second-order valence-electron chi connectivity index (χ2n) is 2.72. The van der Waals surface area contributed by atoms with Crippen molar-refractivity contribution in [1.29, 1.82) is 0 Å². The van der Waals surface area contributed by atoms with Crippen molar-refractivity contribution >= 4 is 21.7 Å². The summed E-state index contributed by atoms with van der Waals surface area (Å²) < 4.78 is 10.7. The predicted octanol–water partition coefficient (Wildman–Crippen LogP) is 2.55. The van der Waals surface area contributed by atoms with Crippen molar-refractivity contribution in [3.05, 3.63) is 20.8 Å². The standard InChI is InChI=1S/C9H11BrN2O4/c1-3-15-6-5-7(16-4-2)9(12(13)14)11-8(6)10/h5H,3-4H2,1-2H3. The molecule has 0 aromatic carbocycles. The van der Waals surface area contributed by atoms with E-state index >= 15 is 0 Å². The maximum Gasteiger partial charge on any atom is 0.407 e. The zero-order valence-electron chi connectivity index (χ0n) is 8.90. The zero-order chi connectivity index (χ0) is 12.1. The molecule has 0 bridgehead atoms. The van der Waals surface area contributed by atoms with Gasteiger partial charge in [0.1, 0.15) is 0 Å². The summed E-state index contributed by atoms with van der Waals surface area (Å²) >= 11 is 3.11. The maximum absolute atomic E-state index is 10.7. The van der Waals surface area contributed by atoms with Crippen LogP contribution >= 0.6 is 15.9 Å². The Labute approximate surface area is 101 Å². The highest BCUT2D eigenvalue weighted by atomic mass is 79.9. The molecule has 16 heavy (non-hydrogen) atoms. The number of rotatable bonds is 5. The second-order valence-corrected chi connectivity index (χ2v) is 3.47. The Balaban J connectivity index is 3.19. The fourth-order valence-electron chi connectivity index (χ4n) is 1.10. The molecule has 0 amide bonds. The summed E-state index contributed by atoms with van der Waals surface area (Å²) in [7, 11) is 0. The molecule has 0 fully saturated rings. The van der Waals surface area contributed by atoms with Crippen LogP contribution in [0.5, 0.6) is 11.5 Å². The highest BCUT2D eigenvalue weighted by molar-refractivity contribution is 9.10. The second kappa shape index (κ2) is 5.64. The van der Waals surface area contributed by atoms with Crippen molar-refractivity contribution in [3.63, 3.8) is 0 Å². The third-order valence-electron chi connectivity index (χ3n) is 1.66. The van der Waals surface area contributed by atoms with Crippen LogP contribution in [0.1, 0.15) is 13.8 Å². The maximum atomic E-state index is 10.7. The quantitative estimate of drug-likeness (QED) is 0.473. The Bertz CT molecular complexity index is 397. The average molecular weight is 291 g/mol. The first-order valence-corrected chi connectivity index (χ1v) is 5.50. The summed E-state index contributed by atoms with van der Waals surface area (Å²) in [5.41, 5.74) is 0. The highest BCUT2D eigenvalue weighted by Crippen LogP contribution is 2.34. The van der Waals surface area contributed by atoms with E-state index in [4.69, 9.17) is 9.47 Å². The predicted molar refractivity (Wildman–Crippen MR) is 60.9 cm³/mol. The van der Waals surface area contributed by atoms with E-state index in [9.17, 15) is 10.1 Å². The summed E-state index contributed by atoms with van der Waals surface area (Å²) in [5, 5.41) is 10.7. The van der Waals surface area contributed by atoms with Gasteiger partial charge in [0.2, 0.25) is 5.75 Å². The third kappa shape index (κ3) is 2.82. The van der Waals surface area contributed by atoms with Crippen LogP contribution in [0, 0.1) is 10.1 Å². The van der Waals surface area contributed by atoms with Crippen LogP contribution in [-0.4, -0.2) is 23.1 Å². The van der Waals surface area contributed by atoms with Crippen LogP contribution in [0.25, 0.3) is 0 Å². The Morgan fingerprint density at radius 2 is 1.94 bits per heavy atom. The highest BCUT2D eigenvalue weighted by Gasteiger charge is 2.22. The molecule has 1 aromatic rings. The summed E-state index contributed by atoms with van der Waals surface area (Å²) in [6.45, 7) is 4.33. The number of nitro groups is 1. The van der Waals surface area contributed by atoms with Gasteiger partial charge in [-0.3, -0.25) is 0 Å². The van der Waals surface area contributed by atoms with E-state index in [1.165, 1.54) is 6.07 Å². The molecule has 0 saturated heterocycles. The first-order valence-electron chi connectivity index (χ1n) is 4.70. The van der Waals surface area contributed by atoms with Crippen LogP contribution in [0.2, 0.25) is 0 Å². The van der Waals surface area contributed by atoms with E-state index < -0.39 is 4.92 Å². The van der Waals surface area contributed by atoms with Gasteiger partial charge < -0.3 is 19.6 Å². The van der Waals surface area contributed by atoms with Gasteiger partial charge in [-0.1, -0.05) is 0 Å². The van der Waals surface area contributed by atoms with E-state index in [0.717, 1.165) is 0 Å². The van der Waals surface area contributed by atoms with Gasteiger partial charge in [-0.25, -0.2) is 0 Å². The first-order chi connectivity index (χ1) is 7.60. The zero-order valence-corrected chi connectivity index (χ0v) is 10.5. The Morgan fingerprint density at radius 1 is 1.38 bits per heavy atom. The Hall–Kier alpha value is -1.37. The normalized spacial score (nSPS) is 9.94. The van der Waals surface area contributed by atoms with Gasteiger partial charge in [-0.2, -0.15) is 0 Å². The molecular formula is C9H11BrN2O4. The van der Waals surface area contributed by atoms with Crippen molar-refractivity contribution in [2.24, 2.45) is 0 Å². The van der Waals surface area contributed by atoms with Crippen molar-refractivity contribution in [1.82, 2.24) is 4.98 Å². The number of hydrogen-bond acceptors (Lipinski definition) is 5. The minimum Gasteiger partial charge on any atom is -0.489 e. The number of pyridine rings is 1. The van der Waals surface area contributed by atoms with E-state index in [-0.39, 0.29) is 11.6 Å². The molecule has 0 aliphatic carbocycles. The van der Waals surface area contributed by atoms with Gasteiger partial charge in [0.15, 0.2) is 5.75 Å². The number of nitrogens with zero attached hydrogens (tertiary/aromatic N) is 2. The molecule has 0 spiro atoms. The molecule has 0 radical (unpaired) electrons. The Morgan fingerprint density at radius 3 is 2.44 bits per heavy atom. The van der Waals surface area contributed by atoms with Gasteiger partial charge in [0.05, 0.1) is 13.2 Å². The molecule has 7 heteroatoms. The van der Waals surface area contributed by atoms with Crippen LogP contribution < -0.4 is 9.47 Å². The van der Waals surface area contributed by atoms with Crippen LogP contribution in [-0.2, 0) is 0 Å². The lowest BCUT2D eigenvalue weighted by atomic mass is 10.4. The molecule has 88 valence electrons. The average Bonchev–Trinajstić information content (AvgIpc) is 2.23. The van der Waals surface area contributed by atoms with E-state index in [1.54, 1.807) is 6.92 Å². The minimum atomic E-state index is -0.592. The lowest BCUT2D eigenvalue weighted by molar-refractivity contribution is -0.390. The van der Waals surface area contributed by atoms with Crippen LogP contribution in [0.3, 0.4) is 0 Å². The van der Waals surface area contributed by atoms with Crippen molar-refractivity contribution < 1.29 is 14.4 Å². The smallest absolute Gasteiger partial charge is 0.407 e. The van der Waals surface area contributed by atoms with E-state index in [0.29, 0.717) is 23.6 Å². The SMILES string of the molecule is CCOc1cc(OCC)c([N+](=O)[O-])nc1Br. The molecular weight excluding hydrogens is 280 g/mol. The largest absolute Gasteiger partial charge is 0.489 e. The van der Waals surface area contributed by atoms with Gasteiger partial charge in [-0.05, 0) is 23.8 Å². The minimum absolute atomic E-state index is 0.110. The number of hydrogen-bond donors (Lipinski definition) is 0. The summed E-state index contributed by atoms with van der Waals surface area (Å²) in [4.78, 5) is 13.9. The fourth-order valence-corrected chi connectivity index (χ4v) is 1.49. The molecule has 6 nitrogen and oxygen atoms in total. The topological polar surface area (TPSA) is 74.5 Å². The first kappa shape index (κ1) is 12.7. The van der Waals surface area contributed by atoms with Crippen molar-refractivity contribution in [3.8, 4) is 11.5 Å². The number of ether oxygens (including phenoxy) is 2. The summed E-state index contributed by atoms with van der Waals surface area (Å²) in [6, 6.07) is 1.46. The molecule has 0 unspecified atom stereocenters. The lowest BCUT2D eigenvalue weighted by Gasteiger charge is -2.07. The number of aromatic nitrogens is 1. The fraction of sp³-hybridized carbons (Fsp3) is 0.444. The molecule has 0 saturated carbocycles. The monoisotopic (exact) mass is 290 g/mol. The van der Waals surface area contributed by atoms with Crippen molar-refractivity contribution in [2.75, 3.05) is 13.2 Å². The van der Waals surface area contributed by atoms with Gasteiger partial charge in [0.25, 0.3) is 4.60 Å². The molecule has 1 aromatic heterocycles.